The lowest BCUT2D eigenvalue weighted by molar-refractivity contribution is -0.120. The van der Waals surface area contributed by atoms with Crippen molar-refractivity contribution in [2.24, 2.45) is 5.73 Å². The summed E-state index contributed by atoms with van der Waals surface area (Å²) in [6, 6.07) is 11.0. The summed E-state index contributed by atoms with van der Waals surface area (Å²) >= 11 is 2.19. The number of furan rings is 1. The van der Waals surface area contributed by atoms with E-state index in [0.29, 0.717) is 11.3 Å². The zero-order chi connectivity index (χ0) is 13.4. The van der Waals surface area contributed by atoms with Crippen molar-refractivity contribution in [2.45, 2.75) is 6.10 Å². The Morgan fingerprint density at radius 2 is 2.05 bits per heavy atom. The lowest BCUT2D eigenvalue weighted by atomic mass is 10.00. The average Bonchev–Trinajstić information content (AvgIpc) is 2.97. The monoisotopic (exact) mass is 367 g/mol. The van der Waals surface area contributed by atoms with Gasteiger partial charge in [-0.2, -0.15) is 0 Å². The van der Waals surface area contributed by atoms with Gasteiger partial charge in [0.15, 0.2) is 11.6 Å². The van der Waals surface area contributed by atoms with Crippen LogP contribution in [0.3, 0.4) is 0 Å². The number of nitrogens with two attached hydrogens (primary N) is 1. The third-order valence-corrected chi connectivity index (χ3v) is 3.56. The summed E-state index contributed by atoms with van der Waals surface area (Å²) in [6.45, 7) is 0. The second-order valence-corrected chi connectivity index (χ2v) is 5.37. The van der Waals surface area contributed by atoms with Gasteiger partial charge in [0.05, 0.1) is 11.8 Å². The topological polar surface area (TPSA) is 65.5 Å². The van der Waals surface area contributed by atoms with Crippen LogP contribution in [0.15, 0.2) is 53.0 Å². The van der Waals surface area contributed by atoms with E-state index in [0.717, 1.165) is 9.13 Å². The van der Waals surface area contributed by atoms with E-state index >= 15 is 0 Å². The molecule has 0 amide bonds. The molecule has 5 heteroatoms. The molecule has 4 nitrogen and oxygen atoms in total. The third kappa shape index (κ3) is 2.14. The van der Waals surface area contributed by atoms with Crippen LogP contribution in [0.4, 0.5) is 0 Å². The van der Waals surface area contributed by atoms with Crippen LogP contribution in [0.25, 0.3) is 5.57 Å². The number of carbonyl (C=O) groups is 1. The Kier molecular flexibility index (Phi) is 3.06. The highest BCUT2D eigenvalue weighted by Crippen LogP contribution is 2.36. The fourth-order valence-corrected chi connectivity index (χ4v) is 2.59. The van der Waals surface area contributed by atoms with Crippen molar-refractivity contribution in [2.75, 3.05) is 0 Å². The highest BCUT2D eigenvalue weighted by Gasteiger charge is 2.37. The Balaban J connectivity index is 1.99. The predicted molar refractivity (Wildman–Crippen MR) is 77.8 cm³/mol. The van der Waals surface area contributed by atoms with Gasteiger partial charge < -0.3 is 14.9 Å². The molecule has 1 aromatic carbocycles. The number of hydrogen-bond acceptors (Lipinski definition) is 4. The Hall–Kier alpha value is -1.76. The largest absolute Gasteiger partial charge is 0.465 e. The van der Waals surface area contributed by atoms with Crippen molar-refractivity contribution in [3.8, 4) is 0 Å². The molecule has 96 valence electrons. The van der Waals surface area contributed by atoms with Gasteiger partial charge in [-0.15, -0.1) is 0 Å². The highest BCUT2D eigenvalue weighted by atomic mass is 127. The second kappa shape index (κ2) is 4.73. The molecule has 1 unspecified atom stereocenters. The molecule has 19 heavy (non-hydrogen) atoms. The van der Waals surface area contributed by atoms with Gasteiger partial charge in [0.25, 0.3) is 0 Å². The molecular formula is C14H10INO3. The van der Waals surface area contributed by atoms with Crippen LogP contribution < -0.4 is 5.73 Å². The Morgan fingerprint density at radius 3 is 2.74 bits per heavy atom. The average molecular weight is 367 g/mol. The molecule has 3 rings (SSSR count). The molecular weight excluding hydrogens is 357 g/mol. The fourth-order valence-electron chi connectivity index (χ4n) is 2.05. The SMILES string of the molecule is NC1=C(c2cccc(I)c2)C(=O)C(c2ccco2)O1. The summed E-state index contributed by atoms with van der Waals surface area (Å²) in [5.41, 5.74) is 7.02. The number of Topliss-reactive ketones (excluding diaryl/α,β-unsaturated/α-hetero) is 1. The maximum atomic E-state index is 12.4. The van der Waals surface area contributed by atoms with Gasteiger partial charge in [-0.05, 0) is 52.4 Å². The molecule has 1 aliphatic rings. The molecule has 0 radical (unpaired) electrons. The smallest absolute Gasteiger partial charge is 0.220 e. The van der Waals surface area contributed by atoms with Gasteiger partial charge in [0.1, 0.15) is 0 Å². The van der Waals surface area contributed by atoms with Crippen LogP contribution in [0.1, 0.15) is 17.4 Å². The van der Waals surface area contributed by atoms with Crippen molar-refractivity contribution >= 4 is 33.9 Å². The molecule has 0 bridgehead atoms. The van der Waals surface area contributed by atoms with Crippen molar-refractivity contribution in [1.29, 1.82) is 0 Å². The predicted octanol–water partition coefficient (Wildman–Crippen LogP) is 2.85. The van der Waals surface area contributed by atoms with E-state index in [1.165, 1.54) is 6.26 Å². The van der Waals surface area contributed by atoms with E-state index in [4.69, 9.17) is 14.9 Å². The number of hydrogen-bond donors (Lipinski definition) is 1. The minimum absolute atomic E-state index is 0.147. The number of ether oxygens (including phenoxy) is 1. The molecule has 2 N–H and O–H groups in total. The third-order valence-electron chi connectivity index (χ3n) is 2.89. The van der Waals surface area contributed by atoms with Gasteiger partial charge in [-0.3, -0.25) is 4.79 Å². The minimum atomic E-state index is -0.775. The fraction of sp³-hybridized carbons (Fsp3) is 0.0714. The highest BCUT2D eigenvalue weighted by molar-refractivity contribution is 14.1. The maximum absolute atomic E-state index is 12.4. The van der Waals surface area contributed by atoms with Crippen LogP contribution in [0.5, 0.6) is 0 Å². The lowest BCUT2D eigenvalue weighted by Gasteiger charge is -2.05. The molecule has 2 heterocycles. The first-order valence-corrected chi connectivity index (χ1v) is 6.74. The van der Waals surface area contributed by atoms with Gasteiger partial charge in [-0.1, -0.05) is 12.1 Å². The molecule has 1 aliphatic heterocycles. The molecule has 0 saturated heterocycles. The molecule has 0 fully saturated rings. The maximum Gasteiger partial charge on any atom is 0.220 e. The number of benzene rings is 1. The summed E-state index contributed by atoms with van der Waals surface area (Å²) in [6.07, 6.45) is 0.730. The first kappa shape index (κ1) is 12.3. The van der Waals surface area contributed by atoms with Gasteiger partial charge in [0.2, 0.25) is 11.9 Å². The summed E-state index contributed by atoms with van der Waals surface area (Å²) in [5.74, 6) is 0.441. The Bertz CT molecular complexity index is 661. The number of halogens is 1. The van der Waals surface area contributed by atoms with Crippen molar-refractivity contribution < 1.29 is 13.9 Å². The van der Waals surface area contributed by atoms with Crippen molar-refractivity contribution in [1.82, 2.24) is 0 Å². The second-order valence-electron chi connectivity index (χ2n) is 4.13. The van der Waals surface area contributed by atoms with Crippen molar-refractivity contribution in [3.63, 3.8) is 0 Å². The number of carbonyl (C=O) groups excluding carboxylic acids is 1. The molecule has 0 saturated carbocycles. The van der Waals surface area contributed by atoms with E-state index in [2.05, 4.69) is 22.6 Å². The molecule has 0 spiro atoms. The number of ketones is 1. The minimum Gasteiger partial charge on any atom is -0.465 e. The lowest BCUT2D eigenvalue weighted by Crippen LogP contribution is -2.08. The van der Waals surface area contributed by atoms with Crippen LogP contribution in [0, 0.1) is 3.57 Å². The van der Waals surface area contributed by atoms with Crippen LogP contribution in [-0.4, -0.2) is 5.78 Å². The molecule has 2 aromatic rings. The Labute approximate surface area is 123 Å². The van der Waals surface area contributed by atoms with Crippen LogP contribution in [0.2, 0.25) is 0 Å². The van der Waals surface area contributed by atoms with Crippen molar-refractivity contribution in [3.05, 3.63) is 63.4 Å². The summed E-state index contributed by atoms with van der Waals surface area (Å²) in [5, 5.41) is 0. The molecule has 1 atom stereocenters. The number of rotatable bonds is 2. The van der Waals surface area contributed by atoms with Gasteiger partial charge >= 0.3 is 0 Å². The van der Waals surface area contributed by atoms with Crippen LogP contribution >= 0.6 is 22.6 Å². The molecule has 1 aromatic heterocycles. The van der Waals surface area contributed by atoms with E-state index in [1.807, 2.05) is 24.3 Å². The zero-order valence-corrected chi connectivity index (χ0v) is 12.0. The van der Waals surface area contributed by atoms with E-state index in [9.17, 15) is 4.79 Å². The van der Waals surface area contributed by atoms with E-state index < -0.39 is 6.10 Å². The summed E-state index contributed by atoms with van der Waals surface area (Å²) in [7, 11) is 0. The van der Waals surface area contributed by atoms with E-state index in [1.54, 1.807) is 12.1 Å². The summed E-state index contributed by atoms with van der Waals surface area (Å²) in [4.78, 5) is 12.4. The quantitative estimate of drug-likeness (QED) is 0.830. The standard InChI is InChI=1S/C14H10INO3/c15-9-4-1-3-8(7-9)11-12(17)13(19-14(11)16)10-5-2-6-18-10/h1-7,13H,16H2. The first-order valence-electron chi connectivity index (χ1n) is 5.67. The van der Waals surface area contributed by atoms with E-state index in [-0.39, 0.29) is 11.7 Å². The zero-order valence-electron chi connectivity index (χ0n) is 9.80. The first-order chi connectivity index (χ1) is 9.16. The normalized spacial score (nSPS) is 18.8. The van der Waals surface area contributed by atoms with Crippen LogP contribution in [-0.2, 0) is 9.53 Å². The molecule has 0 aliphatic carbocycles. The summed E-state index contributed by atoms with van der Waals surface area (Å²) < 4.78 is 11.7. The van der Waals surface area contributed by atoms with Gasteiger partial charge in [-0.25, -0.2) is 0 Å². The Morgan fingerprint density at radius 1 is 1.21 bits per heavy atom. The van der Waals surface area contributed by atoms with Gasteiger partial charge in [0, 0.05) is 3.57 Å².